The minimum absolute atomic E-state index is 0. The first-order valence-corrected chi connectivity index (χ1v) is 3.55. The molecule has 0 fully saturated rings. The number of aryl methyl sites for hydroxylation is 1. The number of hydrogen-bond acceptors (Lipinski definition) is 4. The van der Waals surface area contributed by atoms with E-state index in [1.807, 2.05) is 0 Å². The van der Waals surface area contributed by atoms with Crippen LogP contribution in [0.2, 0.25) is 0 Å². The van der Waals surface area contributed by atoms with Gasteiger partial charge in [0.2, 0.25) is 0 Å². The summed E-state index contributed by atoms with van der Waals surface area (Å²) in [6.45, 7) is 2.04. The quantitative estimate of drug-likeness (QED) is 0.557. The molecule has 1 heterocycles. The maximum atomic E-state index is 10.4. The number of H-pyrrole nitrogens is 1. The Bertz CT molecular complexity index is 299. The number of hydrogen-bond donors (Lipinski definition) is 2. The molecule has 0 aliphatic carbocycles. The summed E-state index contributed by atoms with van der Waals surface area (Å²) in [5, 5.41) is 10.4. The van der Waals surface area contributed by atoms with E-state index < -0.39 is 4.92 Å². The van der Waals surface area contributed by atoms with Crippen LogP contribution in [-0.4, -0.2) is 21.4 Å². The average molecular weight is 207 g/mol. The third kappa shape index (κ3) is 2.67. The number of nitrogens with zero attached hydrogens (tertiary/aromatic N) is 2. The number of imidazole rings is 1. The first kappa shape index (κ1) is 11.9. The summed E-state index contributed by atoms with van der Waals surface area (Å²) in [5.41, 5.74) is 5.69. The highest BCUT2D eigenvalue weighted by Gasteiger charge is 2.16. The molecule has 0 spiro atoms. The minimum Gasteiger partial charge on any atom is -0.358 e. The molecule has 6 nitrogen and oxygen atoms in total. The van der Waals surface area contributed by atoms with Gasteiger partial charge in [-0.3, -0.25) is 0 Å². The van der Waals surface area contributed by atoms with Crippen molar-refractivity contribution in [3.05, 3.63) is 21.6 Å². The van der Waals surface area contributed by atoms with Gasteiger partial charge in [-0.1, -0.05) is 0 Å². The molecule has 1 rings (SSSR count). The number of aromatic nitrogens is 2. The van der Waals surface area contributed by atoms with Gasteiger partial charge in [0.25, 0.3) is 0 Å². The first-order valence-electron chi connectivity index (χ1n) is 3.55. The Kier molecular flexibility index (Phi) is 4.36. The van der Waals surface area contributed by atoms with Crippen LogP contribution in [0.3, 0.4) is 0 Å². The molecule has 3 N–H and O–H groups in total. The molecule has 1 aromatic heterocycles. The van der Waals surface area contributed by atoms with Crippen LogP contribution in [0.15, 0.2) is 0 Å². The highest BCUT2D eigenvalue weighted by atomic mass is 35.5. The summed E-state index contributed by atoms with van der Waals surface area (Å²) in [4.78, 5) is 16.4. The molecule has 0 amide bonds. The van der Waals surface area contributed by atoms with Crippen LogP contribution in [0, 0.1) is 17.0 Å². The predicted molar refractivity (Wildman–Crippen MR) is 50.0 cm³/mol. The molecule has 0 saturated carbocycles. The number of nitro groups is 1. The molecule has 74 valence electrons. The van der Waals surface area contributed by atoms with Crippen molar-refractivity contribution in [3.8, 4) is 0 Å². The van der Waals surface area contributed by atoms with E-state index in [4.69, 9.17) is 5.73 Å². The summed E-state index contributed by atoms with van der Waals surface area (Å²) in [6.07, 6.45) is 0.431. The highest BCUT2D eigenvalue weighted by Crippen LogP contribution is 2.14. The van der Waals surface area contributed by atoms with E-state index in [0.717, 1.165) is 0 Å². The van der Waals surface area contributed by atoms with Crippen molar-refractivity contribution >= 4 is 18.2 Å². The van der Waals surface area contributed by atoms with Crippen LogP contribution >= 0.6 is 12.4 Å². The van der Waals surface area contributed by atoms with Crippen molar-refractivity contribution in [2.75, 3.05) is 6.54 Å². The fourth-order valence-electron chi connectivity index (χ4n) is 0.989. The first-order chi connectivity index (χ1) is 5.65. The van der Waals surface area contributed by atoms with E-state index in [0.29, 0.717) is 24.5 Å². The van der Waals surface area contributed by atoms with E-state index in [-0.39, 0.29) is 18.2 Å². The van der Waals surface area contributed by atoms with Crippen LogP contribution in [0.4, 0.5) is 5.82 Å². The van der Waals surface area contributed by atoms with Gasteiger partial charge in [0, 0.05) is 13.3 Å². The Morgan fingerprint density at radius 3 is 2.77 bits per heavy atom. The Hall–Kier alpha value is -1.14. The van der Waals surface area contributed by atoms with Gasteiger partial charge in [0.1, 0.15) is 5.69 Å². The van der Waals surface area contributed by atoms with Crippen molar-refractivity contribution in [3.63, 3.8) is 0 Å². The second kappa shape index (κ2) is 4.78. The summed E-state index contributed by atoms with van der Waals surface area (Å²) in [6, 6.07) is 0. The Balaban J connectivity index is 0.00000144. The molecule has 0 saturated heterocycles. The van der Waals surface area contributed by atoms with Gasteiger partial charge in [-0.25, -0.2) is 9.97 Å². The normalized spacial score (nSPS) is 9.38. The zero-order valence-corrected chi connectivity index (χ0v) is 7.93. The van der Waals surface area contributed by atoms with Gasteiger partial charge in [0.15, 0.2) is 5.82 Å². The van der Waals surface area contributed by atoms with Crippen molar-refractivity contribution in [2.45, 2.75) is 13.3 Å². The van der Waals surface area contributed by atoms with Crippen molar-refractivity contribution in [1.29, 1.82) is 0 Å². The number of nitrogens with two attached hydrogens (primary N) is 1. The summed E-state index contributed by atoms with van der Waals surface area (Å²) in [5.74, 6) is 0.503. The van der Waals surface area contributed by atoms with Crippen LogP contribution in [0.5, 0.6) is 0 Å². The zero-order valence-electron chi connectivity index (χ0n) is 7.11. The third-order valence-electron chi connectivity index (χ3n) is 1.44. The maximum Gasteiger partial charge on any atom is 0.343 e. The molecule has 0 unspecified atom stereocenters. The molecule has 0 aliphatic heterocycles. The smallest absolute Gasteiger partial charge is 0.343 e. The van der Waals surface area contributed by atoms with E-state index in [9.17, 15) is 10.1 Å². The van der Waals surface area contributed by atoms with Crippen LogP contribution < -0.4 is 5.73 Å². The van der Waals surface area contributed by atoms with Crippen LogP contribution in [-0.2, 0) is 6.42 Å². The number of rotatable bonds is 3. The van der Waals surface area contributed by atoms with Crippen molar-refractivity contribution in [1.82, 2.24) is 9.97 Å². The standard InChI is InChI=1S/C6H10N4O2.ClH/c1-4-8-5(2-3-7)6(9-4)10(11)12;/h2-3,7H2,1H3,(H,8,9);1H. The second-order valence-electron chi connectivity index (χ2n) is 2.41. The lowest BCUT2D eigenvalue weighted by Crippen LogP contribution is -2.05. The molecule has 0 aromatic carbocycles. The van der Waals surface area contributed by atoms with E-state index in [1.165, 1.54) is 0 Å². The number of aromatic amines is 1. The average Bonchev–Trinajstić information content (AvgIpc) is 2.32. The lowest BCUT2D eigenvalue weighted by molar-refractivity contribution is -0.390. The molecule has 7 heteroatoms. The number of halogens is 1. The van der Waals surface area contributed by atoms with E-state index >= 15 is 0 Å². The summed E-state index contributed by atoms with van der Waals surface area (Å²) >= 11 is 0. The molecule has 13 heavy (non-hydrogen) atoms. The minimum atomic E-state index is -0.481. The monoisotopic (exact) mass is 206 g/mol. The van der Waals surface area contributed by atoms with Gasteiger partial charge < -0.3 is 15.8 Å². The molecular weight excluding hydrogens is 196 g/mol. The molecular formula is C6H11ClN4O2. The fourth-order valence-corrected chi connectivity index (χ4v) is 0.989. The largest absolute Gasteiger partial charge is 0.358 e. The molecule has 0 aliphatic rings. The summed E-state index contributed by atoms with van der Waals surface area (Å²) in [7, 11) is 0. The van der Waals surface area contributed by atoms with Crippen molar-refractivity contribution < 1.29 is 4.92 Å². The Morgan fingerprint density at radius 1 is 1.69 bits per heavy atom. The Labute approximate surface area is 81.1 Å². The Morgan fingerprint density at radius 2 is 2.31 bits per heavy atom. The van der Waals surface area contributed by atoms with Gasteiger partial charge in [-0.05, 0) is 11.5 Å². The van der Waals surface area contributed by atoms with Crippen LogP contribution in [0.1, 0.15) is 11.5 Å². The lowest BCUT2D eigenvalue weighted by Gasteiger charge is -1.92. The van der Waals surface area contributed by atoms with Gasteiger partial charge >= 0.3 is 5.82 Å². The maximum absolute atomic E-state index is 10.4. The lowest BCUT2D eigenvalue weighted by atomic mass is 10.3. The fraction of sp³-hybridized carbons (Fsp3) is 0.500. The second-order valence-corrected chi connectivity index (χ2v) is 2.41. The summed E-state index contributed by atoms with van der Waals surface area (Å²) < 4.78 is 0. The third-order valence-corrected chi connectivity index (χ3v) is 1.44. The molecule has 0 radical (unpaired) electrons. The van der Waals surface area contributed by atoms with Crippen LogP contribution in [0.25, 0.3) is 0 Å². The topological polar surface area (TPSA) is 97.8 Å². The SMILES string of the molecule is Cc1nc(CCN)c([N+](=O)[O-])[nH]1.Cl. The zero-order chi connectivity index (χ0) is 9.14. The van der Waals surface area contributed by atoms with Gasteiger partial charge in [-0.2, -0.15) is 0 Å². The van der Waals surface area contributed by atoms with Crippen molar-refractivity contribution in [2.24, 2.45) is 5.73 Å². The molecule has 0 bridgehead atoms. The number of nitrogens with one attached hydrogen (secondary N) is 1. The van der Waals surface area contributed by atoms with Gasteiger partial charge in [-0.15, -0.1) is 12.4 Å². The van der Waals surface area contributed by atoms with E-state index in [2.05, 4.69) is 9.97 Å². The molecule has 0 atom stereocenters. The molecule has 1 aromatic rings. The predicted octanol–water partition coefficient (Wildman–Crippen LogP) is 0.549. The van der Waals surface area contributed by atoms with E-state index in [1.54, 1.807) is 6.92 Å². The highest BCUT2D eigenvalue weighted by molar-refractivity contribution is 5.85. The van der Waals surface area contributed by atoms with Gasteiger partial charge in [0.05, 0.1) is 0 Å².